The van der Waals surface area contributed by atoms with Crippen LogP contribution in [0.25, 0.3) is 0 Å². The molecule has 34 heavy (non-hydrogen) atoms. The van der Waals surface area contributed by atoms with Crippen LogP contribution in [0, 0.1) is 0 Å². The molecule has 0 N–H and O–H groups in total. The Morgan fingerprint density at radius 2 is 1.35 bits per heavy atom. The highest BCUT2D eigenvalue weighted by atomic mass is 16.6. The second-order valence-electron chi connectivity index (χ2n) is 8.90. The standard InChI is InChI=1S/C31H34O3/c1-2-3-4-5-9-16-25-23-29(34-30(25)32)24-33-31(26-17-10-6-11-18-26,27-19-12-7-13-20-27)28-21-14-8-15-22-28/h6-8,10-22,29H,2-5,9,23-24H2,1H3/b25-16-/t29-/m0/s1. The molecule has 0 aliphatic carbocycles. The van der Waals surface area contributed by atoms with Gasteiger partial charge in [0.15, 0.2) is 0 Å². The number of unbranched alkanes of at least 4 members (excludes halogenated alkanes) is 4. The van der Waals surface area contributed by atoms with Gasteiger partial charge in [0.1, 0.15) is 11.7 Å². The number of rotatable bonds is 11. The summed E-state index contributed by atoms with van der Waals surface area (Å²) in [6.07, 6.45) is 8.08. The van der Waals surface area contributed by atoms with Crippen LogP contribution in [0.15, 0.2) is 103 Å². The summed E-state index contributed by atoms with van der Waals surface area (Å²) < 4.78 is 12.5. The third kappa shape index (κ3) is 5.48. The van der Waals surface area contributed by atoms with E-state index in [4.69, 9.17) is 9.47 Å². The zero-order chi connectivity index (χ0) is 23.6. The summed E-state index contributed by atoms with van der Waals surface area (Å²) >= 11 is 0. The largest absolute Gasteiger partial charge is 0.456 e. The van der Waals surface area contributed by atoms with Gasteiger partial charge < -0.3 is 9.47 Å². The van der Waals surface area contributed by atoms with Crippen LogP contribution in [-0.2, 0) is 19.9 Å². The number of carbonyl (C=O) groups is 1. The molecule has 0 spiro atoms. The Kier molecular flexibility index (Phi) is 8.32. The normalized spacial score (nSPS) is 17.1. The molecule has 1 fully saturated rings. The van der Waals surface area contributed by atoms with Gasteiger partial charge in [0.05, 0.1) is 6.61 Å². The zero-order valence-corrected chi connectivity index (χ0v) is 20.0. The predicted octanol–water partition coefficient (Wildman–Crippen LogP) is 7.21. The lowest BCUT2D eigenvalue weighted by molar-refractivity contribution is -0.143. The second kappa shape index (κ2) is 11.8. The first-order chi connectivity index (χ1) is 16.7. The van der Waals surface area contributed by atoms with Crippen molar-refractivity contribution >= 4 is 5.97 Å². The molecule has 0 amide bonds. The van der Waals surface area contributed by atoms with Crippen LogP contribution >= 0.6 is 0 Å². The minimum atomic E-state index is -0.803. The third-order valence-corrected chi connectivity index (χ3v) is 6.46. The molecule has 3 aromatic rings. The number of allylic oxidation sites excluding steroid dienone is 1. The number of carbonyl (C=O) groups excluding carboxylic acids is 1. The van der Waals surface area contributed by atoms with Crippen molar-refractivity contribution in [1.82, 2.24) is 0 Å². The van der Waals surface area contributed by atoms with Crippen LogP contribution < -0.4 is 0 Å². The van der Waals surface area contributed by atoms with Gasteiger partial charge in [0.25, 0.3) is 0 Å². The molecule has 1 atom stereocenters. The molecule has 1 heterocycles. The van der Waals surface area contributed by atoms with Gasteiger partial charge in [-0.1, -0.05) is 123 Å². The molecule has 0 bridgehead atoms. The fraction of sp³-hybridized carbons (Fsp3) is 0.323. The van der Waals surface area contributed by atoms with Gasteiger partial charge in [-0.25, -0.2) is 4.79 Å². The van der Waals surface area contributed by atoms with Gasteiger partial charge in [-0.05, 0) is 29.5 Å². The molecule has 176 valence electrons. The van der Waals surface area contributed by atoms with Crippen LogP contribution in [-0.4, -0.2) is 18.7 Å². The van der Waals surface area contributed by atoms with Crippen molar-refractivity contribution in [3.05, 3.63) is 119 Å². The number of esters is 1. The lowest BCUT2D eigenvalue weighted by atomic mass is 9.80. The Morgan fingerprint density at radius 1 is 0.824 bits per heavy atom. The zero-order valence-electron chi connectivity index (χ0n) is 20.0. The highest BCUT2D eigenvalue weighted by molar-refractivity contribution is 5.90. The fourth-order valence-corrected chi connectivity index (χ4v) is 4.69. The minimum Gasteiger partial charge on any atom is -0.456 e. The maximum absolute atomic E-state index is 12.5. The second-order valence-corrected chi connectivity index (χ2v) is 8.90. The molecule has 3 heteroatoms. The van der Waals surface area contributed by atoms with Gasteiger partial charge >= 0.3 is 5.97 Å². The number of hydrogen-bond donors (Lipinski definition) is 0. The summed E-state index contributed by atoms with van der Waals surface area (Å²) in [5.41, 5.74) is 3.12. The van der Waals surface area contributed by atoms with E-state index in [1.807, 2.05) is 54.6 Å². The average molecular weight is 455 g/mol. The molecule has 0 aromatic heterocycles. The molecule has 0 saturated carbocycles. The minimum absolute atomic E-state index is 0.200. The third-order valence-electron chi connectivity index (χ3n) is 6.46. The molecule has 1 aliphatic heterocycles. The van der Waals surface area contributed by atoms with Crippen molar-refractivity contribution in [2.45, 2.75) is 57.2 Å². The van der Waals surface area contributed by atoms with Crippen molar-refractivity contribution in [2.24, 2.45) is 0 Å². The van der Waals surface area contributed by atoms with Crippen LogP contribution in [0.1, 0.15) is 62.1 Å². The smallest absolute Gasteiger partial charge is 0.334 e. The lowest BCUT2D eigenvalue weighted by Crippen LogP contribution is -2.35. The maximum atomic E-state index is 12.5. The Bertz CT molecular complexity index is 961. The van der Waals surface area contributed by atoms with Gasteiger partial charge in [0, 0.05) is 12.0 Å². The van der Waals surface area contributed by atoms with Crippen LogP contribution in [0.4, 0.5) is 0 Å². The van der Waals surface area contributed by atoms with E-state index in [0.29, 0.717) is 13.0 Å². The monoisotopic (exact) mass is 454 g/mol. The molecule has 4 rings (SSSR count). The summed E-state index contributed by atoms with van der Waals surface area (Å²) in [5.74, 6) is -0.200. The molecular weight excluding hydrogens is 420 g/mol. The Balaban J connectivity index is 1.59. The van der Waals surface area contributed by atoms with Crippen LogP contribution in [0.3, 0.4) is 0 Å². The Hall–Kier alpha value is -3.17. The topological polar surface area (TPSA) is 35.5 Å². The van der Waals surface area contributed by atoms with E-state index < -0.39 is 5.60 Å². The van der Waals surface area contributed by atoms with Crippen LogP contribution in [0.5, 0.6) is 0 Å². The first-order valence-corrected chi connectivity index (χ1v) is 12.4. The van der Waals surface area contributed by atoms with Crippen molar-refractivity contribution in [1.29, 1.82) is 0 Å². The highest BCUT2D eigenvalue weighted by Gasteiger charge is 2.39. The van der Waals surface area contributed by atoms with E-state index in [9.17, 15) is 4.79 Å². The van der Waals surface area contributed by atoms with E-state index >= 15 is 0 Å². The van der Waals surface area contributed by atoms with E-state index in [0.717, 1.165) is 35.1 Å². The first-order valence-electron chi connectivity index (χ1n) is 12.4. The fourth-order valence-electron chi connectivity index (χ4n) is 4.69. The lowest BCUT2D eigenvalue weighted by Gasteiger charge is -2.36. The quantitative estimate of drug-likeness (QED) is 0.133. The number of hydrogen-bond acceptors (Lipinski definition) is 3. The highest BCUT2D eigenvalue weighted by Crippen LogP contribution is 2.41. The number of benzene rings is 3. The molecule has 0 radical (unpaired) electrons. The summed E-state index contributed by atoms with van der Waals surface area (Å²) in [5, 5.41) is 0. The van der Waals surface area contributed by atoms with Gasteiger partial charge in [-0.2, -0.15) is 0 Å². The average Bonchev–Trinajstić information content (AvgIpc) is 3.25. The Labute approximate surface area is 203 Å². The van der Waals surface area contributed by atoms with E-state index in [1.165, 1.54) is 19.3 Å². The molecule has 3 nitrogen and oxygen atoms in total. The van der Waals surface area contributed by atoms with Gasteiger partial charge in [-0.3, -0.25) is 0 Å². The summed E-state index contributed by atoms with van der Waals surface area (Å²) in [7, 11) is 0. The molecular formula is C31H34O3. The van der Waals surface area contributed by atoms with Crippen molar-refractivity contribution in [3.8, 4) is 0 Å². The number of cyclic esters (lactones) is 1. The number of ether oxygens (including phenoxy) is 2. The Morgan fingerprint density at radius 3 is 1.85 bits per heavy atom. The molecule has 3 aromatic carbocycles. The summed E-state index contributed by atoms with van der Waals surface area (Å²) in [4.78, 5) is 12.5. The van der Waals surface area contributed by atoms with Crippen molar-refractivity contribution < 1.29 is 14.3 Å². The molecule has 1 aliphatic rings. The van der Waals surface area contributed by atoms with Gasteiger partial charge in [-0.15, -0.1) is 0 Å². The summed E-state index contributed by atoms with van der Waals surface area (Å²) in [6.45, 7) is 2.52. The van der Waals surface area contributed by atoms with E-state index in [-0.39, 0.29) is 12.1 Å². The van der Waals surface area contributed by atoms with E-state index in [2.05, 4.69) is 49.4 Å². The molecule has 0 unspecified atom stereocenters. The summed E-state index contributed by atoms with van der Waals surface area (Å²) in [6, 6.07) is 30.9. The van der Waals surface area contributed by atoms with Crippen LogP contribution in [0.2, 0.25) is 0 Å². The van der Waals surface area contributed by atoms with E-state index in [1.54, 1.807) is 0 Å². The first kappa shape index (κ1) is 24.0. The predicted molar refractivity (Wildman–Crippen MR) is 136 cm³/mol. The van der Waals surface area contributed by atoms with Crippen molar-refractivity contribution in [3.63, 3.8) is 0 Å². The van der Waals surface area contributed by atoms with Gasteiger partial charge in [0.2, 0.25) is 0 Å². The maximum Gasteiger partial charge on any atom is 0.334 e. The molecule has 1 saturated heterocycles. The van der Waals surface area contributed by atoms with Crippen molar-refractivity contribution in [2.75, 3.05) is 6.61 Å². The SMILES string of the molecule is CCCCCC/C=C1/C[C@@H](COC(c2ccccc2)(c2ccccc2)c2ccccc2)OC1=O.